The second-order valence-electron chi connectivity index (χ2n) is 1.38. The third-order valence-corrected chi connectivity index (χ3v) is 1.13. The van der Waals surface area contributed by atoms with Crippen LogP contribution in [0.1, 0.15) is 0 Å². The third-order valence-electron chi connectivity index (χ3n) is 0.803. The van der Waals surface area contributed by atoms with E-state index in [4.69, 9.17) is 5.21 Å². The van der Waals surface area contributed by atoms with E-state index in [2.05, 4.69) is 12.2 Å². The first-order valence-corrected chi connectivity index (χ1v) is 2.58. The van der Waals surface area contributed by atoms with Gasteiger partial charge in [-0.05, 0) is 12.1 Å². The monoisotopic (exact) mass is 359 g/mol. The van der Waals surface area contributed by atoms with Crippen LogP contribution >= 0.6 is 12.2 Å². The van der Waals surface area contributed by atoms with Gasteiger partial charge in [-0.1, -0.05) is 18.3 Å². The average Bonchev–Trinajstić information content (AvgIpc) is 1.77. The number of hydrogen-bond donors (Lipinski definition) is 1. The van der Waals surface area contributed by atoms with E-state index in [1.807, 2.05) is 0 Å². The maximum absolute atomic E-state index is 8.73. The van der Waals surface area contributed by atoms with Crippen LogP contribution in [-0.4, -0.2) is 9.94 Å². The Morgan fingerprint density at radius 1 is 1.44 bits per heavy atom. The van der Waals surface area contributed by atoms with Gasteiger partial charge in [0.15, 0.2) is 0 Å². The molecule has 0 fully saturated rings. The molecule has 0 spiro atoms. The van der Waals surface area contributed by atoms with Crippen LogP contribution in [0.25, 0.3) is 0 Å². The predicted octanol–water partition coefficient (Wildman–Crippen LogP) is 1.45. The predicted molar refractivity (Wildman–Crippen MR) is 32.5 cm³/mol. The van der Waals surface area contributed by atoms with Crippen molar-refractivity contribution in [3.8, 4) is 0 Å². The van der Waals surface area contributed by atoms with Crippen molar-refractivity contribution in [3.05, 3.63) is 29.0 Å². The topological polar surface area (TPSA) is 25.2 Å². The van der Waals surface area contributed by atoms with E-state index in [0.717, 1.165) is 4.73 Å². The third kappa shape index (κ3) is 2.71. The molecule has 9 heavy (non-hydrogen) atoms. The molecule has 1 N–H and O–H groups in total. The first-order chi connectivity index (χ1) is 3.80. The Morgan fingerprint density at radius 2 is 2.11 bits per heavy atom. The Morgan fingerprint density at radius 3 is 2.44 bits per heavy atom. The van der Waals surface area contributed by atoms with E-state index in [0.29, 0.717) is 4.64 Å². The standard InChI is InChI=1S/C5H5NOS.Th/c7-6-4-2-1-3-5(6)8;/h1-4,7H;. The van der Waals surface area contributed by atoms with Crippen LogP contribution in [0.15, 0.2) is 24.4 Å². The van der Waals surface area contributed by atoms with Crippen molar-refractivity contribution in [2.75, 3.05) is 0 Å². The summed E-state index contributed by atoms with van der Waals surface area (Å²) < 4.78 is 1.32. The van der Waals surface area contributed by atoms with Gasteiger partial charge in [-0.2, -0.15) is 4.73 Å². The van der Waals surface area contributed by atoms with Crippen LogP contribution in [0, 0.1) is 44.6 Å². The van der Waals surface area contributed by atoms with Gasteiger partial charge in [0.05, 0.1) is 0 Å². The summed E-state index contributed by atoms with van der Waals surface area (Å²) in [6.07, 6.45) is 1.49. The van der Waals surface area contributed by atoms with Crippen molar-refractivity contribution < 1.29 is 45.1 Å². The van der Waals surface area contributed by atoms with E-state index in [1.54, 1.807) is 18.2 Å². The van der Waals surface area contributed by atoms with Crippen molar-refractivity contribution in [2.45, 2.75) is 0 Å². The molecular weight excluding hydrogens is 354 g/mol. The van der Waals surface area contributed by atoms with Crippen LogP contribution in [0.5, 0.6) is 0 Å². The summed E-state index contributed by atoms with van der Waals surface area (Å²) in [7, 11) is 0. The number of pyridine rings is 1. The Bertz CT molecular complexity index is 234. The van der Waals surface area contributed by atoms with E-state index < -0.39 is 0 Å². The van der Waals surface area contributed by atoms with Crippen molar-refractivity contribution in [1.82, 2.24) is 4.73 Å². The minimum atomic E-state index is 0. The van der Waals surface area contributed by atoms with Crippen molar-refractivity contribution in [2.24, 2.45) is 0 Å². The Labute approximate surface area is 90.2 Å². The first-order valence-electron chi connectivity index (χ1n) is 2.17. The summed E-state index contributed by atoms with van der Waals surface area (Å²) in [5.74, 6) is 0. The second kappa shape index (κ2) is 4.33. The molecule has 1 aromatic rings. The average molecular weight is 359 g/mol. The van der Waals surface area contributed by atoms with Crippen molar-refractivity contribution in [3.63, 3.8) is 0 Å². The summed E-state index contributed by atoms with van der Waals surface area (Å²) in [6, 6.07) is 5.13. The van der Waals surface area contributed by atoms with Gasteiger partial charge >= 0.3 is 0 Å². The van der Waals surface area contributed by atoms with Crippen LogP contribution < -0.4 is 0 Å². The zero-order chi connectivity index (χ0) is 5.98. The number of aromatic nitrogens is 1. The molecule has 0 saturated heterocycles. The fourth-order valence-corrected chi connectivity index (χ4v) is 0.558. The van der Waals surface area contributed by atoms with Crippen molar-refractivity contribution in [1.29, 1.82) is 0 Å². The number of hydrogen-bond acceptors (Lipinski definition) is 2. The summed E-state index contributed by atoms with van der Waals surface area (Å²) >= 11 is 4.67. The quantitative estimate of drug-likeness (QED) is 0.561. The molecular formula is C5H5NOSTh. The largest absolute Gasteiger partial charge is 0.428 e. The summed E-state index contributed by atoms with van der Waals surface area (Å²) in [5.41, 5.74) is 0. The van der Waals surface area contributed by atoms with Gasteiger partial charge in [0.25, 0.3) is 0 Å². The second-order valence-corrected chi connectivity index (χ2v) is 1.80. The molecule has 0 amide bonds. The fraction of sp³-hybridized carbons (Fsp3) is 0. The number of rotatable bonds is 0. The maximum Gasteiger partial charge on any atom is 0.142 e. The van der Waals surface area contributed by atoms with E-state index >= 15 is 0 Å². The summed E-state index contributed by atoms with van der Waals surface area (Å²) in [4.78, 5) is 0. The van der Waals surface area contributed by atoms with Gasteiger partial charge < -0.3 is 5.21 Å². The van der Waals surface area contributed by atoms with E-state index in [1.165, 1.54) is 6.20 Å². The first kappa shape index (κ1) is 9.49. The van der Waals surface area contributed by atoms with Gasteiger partial charge in [-0.3, -0.25) is 0 Å². The van der Waals surface area contributed by atoms with Crippen LogP contribution in [0.4, 0.5) is 0 Å². The number of nitrogens with zero attached hydrogens (tertiary/aromatic N) is 1. The van der Waals surface area contributed by atoms with Crippen LogP contribution in [0.3, 0.4) is 0 Å². The van der Waals surface area contributed by atoms with Crippen molar-refractivity contribution >= 4 is 12.2 Å². The molecule has 0 aliphatic rings. The molecule has 0 unspecified atom stereocenters. The molecule has 0 aliphatic heterocycles. The van der Waals surface area contributed by atoms with Gasteiger partial charge in [0.1, 0.15) is 4.64 Å². The Hall–Kier alpha value is 0.495. The van der Waals surface area contributed by atoms with E-state index in [9.17, 15) is 0 Å². The summed E-state index contributed by atoms with van der Waals surface area (Å²) in [6.45, 7) is 0. The minimum Gasteiger partial charge on any atom is -0.428 e. The summed E-state index contributed by atoms with van der Waals surface area (Å²) in [5, 5.41) is 8.73. The molecule has 0 aromatic carbocycles. The molecule has 4 heteroatoms. The Balaban J connectivity index is 0.000000640. The molecule has 1 rings (SSSR count). The maximum atomic E-state index is 8.73. The molecule has 46 valence electrons. The van der Waals surface area contributed by atoms with Gasteiger partial charge in [-0.15, -0.1) is 0 Å². The minimum absolute atomic E-state index is 0. The molecule has 2 nitrogen and oxygen atoms in total. The van der Waals surface area contributed by atoms with Crippen LogP contribution in [0.2, 0.25) is 0 Å². The smallest absolute Gasteiger partial charge is 0.142 e. The normalized spacial score (nSPS) is 8.00. The molecule has 0 radical (unpaired) electrons. The molecule has 0 saturated carbocycles. The molecule has 1 heterocycles. The SMILES string of the molecule is On1ccccc1=S.[Th]. The van der Waals surface area contributed by atoms with Gasteiger partial charge in [0, 0.05) is 46.1 Å². The van der Waals surface area contributed by atoms with E-state index in [-0.39, 0.29) is 39.9 Å². The van der Waals surface area contributed by atoms with Gasteiger partial charge in [0.2, 0.25) is 0 Å². The molecule has 0 bridgehead atoms. The fourth-order valence-electron chi connectivity index (χ4n) is 0.419. The van der Waals surface area contributed by atoms with Crippen LogP contribution in [-0.2, 0) is 0 Å². The zero-order valence-electron chi connectivity index (χ0n) is 4.61. The molecule has 1 aromatic heterocycles. The van der Waals surface area contributed by atoms with Gasteiger partial charge in [-0.25, -0.2) is 0 Å². The Kier molecular flexibility index (Phi) is 4.57. The molecule has 0 aliphatic carbocycles. The zero-order valence-corrected chi connectivity index (χ0v) is 9.54. The molecule has 0 atom stereocenters.